The molecule has 1 aromatic rings. The molecule has 2 N–H and O–H groups in total. The largest absolute Gasteiger partial charge is 0.365 e. The third-order valence-electron chi connectivity index (χ3n) is 4.64. The van der Waals surface area contributed by atoms with Crippen LogP contribution in [0.3, 0.4) is 0 Å². The molecular formula is C21H28FN3O. The van der Waals surface area contributed by atoms with Crippen molar-refractivity contribution in [1.29, 1.82) is 0 Å². The van der Waals surface area contributed by atoms with Crippen LogP contribution in [0.15, 0.2) is 51.8 Å². The third kappa shape index (κ3) is 4.81. The van der Waals surface area contributed by atoms with Gasteiger partial charge in [-0.05, 0) is 52.8 Å². The lowest BCUT2D eigenvalue weighted by atomic mass is 9.97. The van der Waals surface area contributed by atoms with Gasteiger partial charge >= 0.3 is 0 Å². The van der Waals surface area contributed by atoms with Gasteiger partial charge in [0.25, 0.3) is 5.91 Å². The minimum atomic E-state index is -0.324. The summed E-state index contributed by atoms with van der Waals surface area (Å²) in [6.07, 6.45) is 2.80. The second-order valence-corrected chi connectivity index (χ2v) is 7.17. The van der Waals surface area contributed by atoms with Crippen LogP contribution in [-0.2, 0) is 11.3 Å². The van der Waals surface area contributed by atoms with E-state index in [-0.39, 0.29) is 23.8 Å². The van der Waals surface area contributed by atoms with Crippen molar-refractivity contribution < 1.29 is 9.18 Å². The Morgan fingerprint density at radius 1 is 1.31 bits per heavy atom. The second-order valence-electron chi connectivity index (χ2n) is 7.17. The summed E-state index contributed by atoms with van der Waals surface area (Å²) < 4.78 is 13.8. The van der Waals surface area contributed by atoms with Gasteiger partial charge in [-0.3, -0.25) is 4.79 Å². The highest BCUT2D eigenvalue weighted by Gasteiger charge is 2.38. The summed E-state index contributed by atoms with van der Waals surface area (Å²) in [5, 5.41) is 6.25. The van der Waals surface area contributed by atoms with Crippen LogP contribution < -0.4 is 10.6 Å². The van der Waals surface area contributed by atoms with Crippen molar-refractivity contribution >= 4 is 12.6 Å². The Morgan fingerprint density at radius 3 is 2.46 bits per heavy atom. The van der Waals surface area contributed by atoms with E-state index in [4.69, 9.17) is 0 Å². The molecular weight excluding hydrogens is 329 g/mol. The molecule has 1 aromatic carbocycles. The molecule has 26 heavy (non-hydrogen) atoms. The molecule has 140 valence electrons. The van der Waals surface area contributed by atoms with Crippen LogP contribution in [0.1, 0.15) is 52.5 Å². The Bertz CT molecular complexity index is 756. The first-order chi connectivity index (χ1) is 12.3. The molecule has 0 unspecified atom stereocenters. The van der Waals surface area contributed by atoms with Crippen molar-refractivity contribution in [3.63, 3.8) is 0 Å². The normalized spacial score (nSPS) is 15.6. The first kappa shape index (κ1) is 19.9. The fraction of sp³-hybridized carbons (Fsp3) is 0.429. The molecule has 0 saturated heterocycles. The zero-order valence-electron chi connectivity index (χ0n) is 16.1. The van der Waals surface area contributed by atoms with Gasteiger partial charge in [-0.1, -0.05) is 30.7 Å². The Labute approximate surface area is 155 Å². The molecule has 4 nitrogen and oxygen atoms in total. The maximum Gasteiger partial charge on any atom is 0.251 e. The number of nitrogens with zero attached hydrogens (tertiary/aromatic N) is 1. The molecule has 2 rings (SSSR count). The zero-order valence-corrected chi connectivity index (χ0v) is 16.1. The molecule has 0 bridgehead atoms. The van der Waals surface area contributed by atoms with Crippen molar-refractivity contribution in [2.24, 2.45) is 4.99 Å². The van der Waals surface area contributed by atoms with Crippen molar-refractivity contribution in [3.8, 4) is 0 Å². The van der Waals surface area contributed by atoms with Gasteiger partial charge in [-0.15, -0.1) is 0 Å². The van der Waals surface area contributed by atoms with Crippen LogP contribution in [0, 0.1) is 5.82 Å². The first-order valence-corrected chi connectivity index (χ1v) is 8.99. The van der Waals surface area contributed by atoms with E-state index < -0.39 is 0 Å². The van der Waals surface area contributed by atoms with E-state index in [2.05, 4.69) is 29.3 Å². The number of halogens is 1. The molecule has 0 heterocycles. The second kappa shape index (κ2) is 8.30. The molecule has 0 aromatic heterocycles. The van der Waals surface area contributed by atoms with Crippen LogP contribution in [0.25, 0.3) is 0 Å². The van der Waals surface area contributed by atoms with Crippen LogP contribution in [0.5, 0.6) is 0 Å². The Kier molecular flexibility index (Phi) is 6.35. The average molecular weight is 357 g/mol. The minimum absolute atomic E-state index is 0.0351. The van der Waals surface area contributed by atoms with Crippen LogP contribution in [0.4, 0.5) is 4.39 Å². The number of rotatable bonds is 8. The fourth-order valence-corrected chi connectivity index (χ4v) is 2.84. The van der Waals surface area contributed by atoms with Gasteiger partial charge in [0.05, 0.1) is 0 Å². The van der Waals surface area contributed by atoms with E-state index >= 15 is 0 Å². The molecule has 1 fully saturated rings. The topological polar surface area (TPSA) is 53.5 Å². The molecule has 1 amide bonds. The van der Waals surface area contributed by atoms with E-state index in [1.807, 2.05) is 20.8 Å². The first-order valence-electron chi connectivity index (χ1n) is 8.99. The molecule has 0 spiro atoms. The number of nitrogens with one attached hydrogen (secondary N) is 2. The monoisotopic (exact) mass is 357 g/mol. The van der Waals surface area contributed by atoms with Crippen molar-refractivity contribution in [3.05, 3.63) is 58.2 Å². The maximum atomic E-state index is 13.8. The van der Waals surface area contributed by atoms with Gasteiger partial charge < -0.3 is 10.6 Å². The van der Waals surface area contributed by atoms with E-state index in [1.54, 1.807) is 18.2 Å². The predicted molar refractivity (Wildman–Crippen MR) is 104 cm³/mol. The molecule has 1 saturated carbocycles. The summed E-state index contributed by atoms with van der Waals surface area (Å²) in [6, 6.07) is 6.44. The number of aliphatic imine (C=N–C) groups is 1. The standard InChI is InChI=1S/C21H28FN3O/c1-6-16(19(23-5)25-21(4)11-12-21)18(14(2)3)20(26)24-13-15-9-7-8-10-17(15)22/h7-10,25H,5-6,11-13H2,1-4H3,(H,24,26)/b19-16-. The lowest BCUT2D eigenvalue weighted by Gasteiger charge is -2.20. The summed E-state index contributed by atoms with van der Waals surface area (Å²) in [5.41, 5.74) is 2.80. The number of benzene rings is 1. The summed E-state index contributed by atoms with van der Waals surface area (Å²) in [5.74, 6) is 0.105. The number of amides is 1. The fourth-order valence-electron chi connectivity index (χ4n) is 2.84. The van der Waals surface area contributed by atoms with Crippen molar-refractivity contribution in [2.75, 3.05) is 0 Å². The molecule has 5 heteroatoms. The summed E-state index contributed by atoms with van der Waals surface area (Å²) in [7, 11) is 0. The minimum Gasteiger partial charge on any atom is -0.365 e. The Balaban J connectivity index is 2.25. The summed E-state index contributed by atoms with van der Waals surface area (Å²) in [6.45, 7) is 11.7. The highest BCUT2D eigenvalue weighted by molar-refractivity contribution is 5.98. The van der Waals surface area contributed by atoms with E-state index in [0.717, 1.165) is 24.0 Å². The molecule has 0 radical (unpaired) electrons. The molecule has 0 atom stereocenters. The number of carbonyl (C=O) groups excluding carboxylic acids is 1. The zero-order chi connectivity index (χ0) is 19.3. The maximum absolute atomic E-state index is 13.8. The van der Waals surface area contributed by atoms with E-state index in [9.17, 15) is 9.18 Å². The third-order valence-corrected chi connectivity index (χ3v) is 4.64. The van der Waals surface area contributed by atoms with E-state index in [1.165, 1.54) is 6.07 Å². The van der Waals surface area contributed by atoms with Gasteiger partial charge in [0, 0.05) is 28.8 Å². The molecule has 1 aliphatic carbocycles. The van der Waals surface area contributed by atoms with E-state index in [0.29, 0.717) is 23.4 Å². The molecule has 0 aliphatic heterocycles. The van der Waals surface area contributed by atoms with Gasteiger partial charge in [0.2, 0.25) is 0 Å². The highest BCUT2D eigenvalue weighted by Crippen LogP contribution is 2.36. The lowest BCUT2D eigenvalue weighted by molar-refractivity contribution is -0.117. The van der Waals surface area contributed by atoms with Gasteiger partial charge in [0.15, 0.2) is 0 Å². The molecule has 1 aliphatic rings. The summed E-state index contributed by atoms with van der Waals surface area (Å²) in [4.78, 5) is 17.0. The smallest absolute Gasteiger partial charge is 0.251 e. The number of allylic oxidation sites excluding steroid dienone is 1. The van der Waals surface area contributed by atoms with Crippen molar-refractivity contribution in [1.82, 2.24) is 10.6 Å². The van der Waals surface area contributed by atoms with Crippen LogP contribution >= 0.6 is 0 Å². The van der Waals surface area contributed by atoms with Gasteiger partial charge in [-0.25, -0.2) is 9.38 Å². The quantitative estimate of drug-likeness (QED) is 0.415. The summed E-state index contributed by atoms with van der Waals surface area (Å²) >= 11 is 0. The van der Waals surface area contributed by atoms with Crippen LogP contribution in [0.2, 0.25) is 0 Å². The number of carbonyl (C=O) groups is 1. The SMILES string of the molecule is C=N/C(NC1(C)CC1)=C(\CC)C(C(=O)NCc1ccccc1F)=C(C)C. The average Bonchev–Trinajstić information content (AvgIpc) is 3.33. The highest BCUT2D eigenvalue weighted by atomic mass is 19.1. The number of hydrogen-bond acceptors (Lipinski definition) is 3. The Hall–Kier alpha value is -2.43. The van der Waals surface area contributed by atoms with Gasteiger partial charge in [0.1, 0.15) is 11.6 Å². The van der Waals surface area contributed by atoms with Crippen LogP contribution in [-0.4, -0.2) is 18.2 Å². The lowest BCUT2D eigenvalue weighted by Crippen LogP contribution is -2.31. The Morgan fingerprint density at radius 2 is 1.96 bits per heavy atom. The van der Waals surface area contributed by atoms with Crippen molar-refractivity contribution in [2.45, 2.75) is 59.0 Å². The van der Waals surface area contributed by atoms with Gasteiger partial charge in [-0.2, -0.15) is 0 Å². The number of hydrogen-bond donors (Lipinski definition) is 2. The predicted octanol–water partition coefficient (Wildman–Crippen LogP) is 4.24.